The summed E-state index contributed by atoms with van der Waals surface area (Å²) in [5.41, 5.74) is 0. The average molecular weight is 241 g/mol. The van der Waals surface area contributed by atoms with Gasteiger partial charge in [-0.05, 0) is 23.6 Å². The van der Waals surface area contributed by atoms with E-state index in [0.29, 0.717) is 0 Å². The maximum Gasteiger partial charge on any atom is 0.0476 e. The van der Waals surface area contributed by atoms with Crippen molar-refractivity contribution in [1.82, 2.24) is 0 Å². The van der Waals surface area contributed by atoms with E-state index < -0.39 is 0 Å². The van der Waals surface area contributed by atoms with Crippen molar-refractivity contribution in [2.24, 2.45) is 0 Å². The van der Waals surface area contributed by atoms with Crippen LogP contribution < -0.4 is 0 Å². The Hall–Kier alpha value is -1.25. The van der Waals surface area contributed by atoms with Crippen molar-refractivity contribution in [2.75, 3.05) is 0 Å². The first-order chi connectivity index (χ1) is 7.84. The summed E-state index contributed by atoms with van der Waals surface area (Å²) < 4.78 is 1.32. The van der Waals surface area contributed by atoms with Crippen LogP contribution in [0.5, 0.6) is 0 Å². The van der Waals surface area contributed by atoms with E-state index in [0.717, 1.165) is 4.86 Å². The van der Waals surface area contributed by atoms with E-state index in [4.69, 9.17) is 12.2 Å². The molecule has 0 saturated carbocycles. The van der Waals surface area contributed by atoms with Gasteiger partial charge in [0.15, 0.2) is 0 Å². The zero-order valence-electron chi connectivity index (χ0n) is 8.51. The molecule has 0 saturated heterocycles. The second-order valence-corrected chi connectivity index (χ2v) is 5.28. The summed E-state index contributed by atoms with van der Waals surface area (Å²) in [5.74, 6) is 0.234. The standard InChI is InChI=1S/C14H9S2/c15-12-7-3-2-6-11(12)14-9-10-5-1-4-8-13(10)16-14/h1-6,8-9,11H. The van der Waals surface area contributed by atoms with Crippen LogP contribution in [0.1, 0.15) is 10.8 Å². The van der Waals surface area contributed by atoms with E-state index in [-0.39, 0.29) is 5.92 Å². The smallest absolute Gasteiger partial charge is 0.0476 e. The van der Waals surface area contributed by atoms with Gasteiger partial charge in [-0.2, -0.15) is 0 Å². The van der Waals surface area contributed by atoms with Crippen molar-refractivity contribution < 1.29 is 0 Å². The normalized spacial score (nSPS) is 19.5. The number of hydrogen-bond acceptors (Lipinski definition) is 2. The van der Waals surface area contributed by atoms with Crippen LogP contribution in [0.2, 0.25) is 0 Å². The number of rotatable bonds is 1. The SMILES string of the molecule is S=C1[C]=CC=CC1c1cc2ccccc2s1. The van der Waals surface area contributed by atoms with Crippen LogP contribution in [0, 0.1) is 6.08 Å². The van der Waals surface area contributed by atoms with Gasteiger partial charge in [0.1, 0.15) is 0 Å². The van der Waals surface area contributed by atoms with Gasteiger partial charge in [0.05, 0.1) is 0 Å². The highest BCUT2D eigenvalue weighted by Gasteiger charge is 2.16. The number of hydrogen-bond donors (Lipinski definition) is 0. The molecule has 1 heterocycles. The number of benzene rings is 1. The Morgan fingerprint density at radius 3 is 2.94 bits per heavy atom. The minimum Gasteiger partial charge on any atom is -0.139 e. The van der Waals surface area contributed by atoms with Gasteiger partial charge in [-0.25, -0.2) is 0 Å². The molecular formula is C14H9S2. The van der Waals surface area contributed by atoms with Crippen molar-refractivity contribution in [3.63, 3.8) is 0 Å². The van der Waals surface area contributed by atoms with Gasteiger partial charge in [-0.3, -0.25) is 0 Å². The summed E-state index contributed by atoms with van der Waals surface area (Å²) in [5, 5.41) is 1.30. The minimum atomic E-state index is 0.234. The maximum atomic E-state index is 5.33. The molecule has 0 N–H and O–H groups in total. The second kappa shape index (κ2) is 3.96. The summed E-state index contributed by atoms with van der Waals surface area (Å²) in [4.78, 5) is 2.19. The van der Waals surface area contributed by atoms with Crippen LogP contribution >= 0.6 is 23.6 Å². The fraction of sp³-hybridized carbons (Fsp3) is 0.0714. The first kappa shape index (κ1) is 9.94. The average Bonchev–Trinajstić information content (AvgIpc) is 2.73. The fourth-order valence-corrected chi connectivity index (χ4v) is 3.36. The number of thiocarbonyl (C=S) groups is 1. The summed E-state index contributed by atoms with van der Waals surface area (Å²) in [7, 11) is 0. The highest BCUT2D eigenvalue weighted by atomic mass is 32.1. The predicted molar refractivity (Wildman–Crippen MR) is 74.1 cm³/mol. The van der Waals surface area contributed by atoms with Crippen LogP contribution in [0.25, 0.3) is 10.1 Å². The van der Waals surface area contributed by atoms with Crippen molar-refractivity contribution in [2.45, 2.75) is 5.92 Å². The molecular weight excluding hydrogens is 232 g/mol. The molecule has 0 aliphatic heterocycles. The largest absolute Gasteiger partial charge is 0.139 e. The first-order valence-corrected chi connectivity index (χ1v) is 6.36. The van der Waals surface area contributed by atoms with Crippen LogP contribution in [0.3, 0.4) is 0 Å². The summed E-state index contributed by atoms with van der Waals surface area (Å²) in [6, 6.07) is 10.7. The monoisotopic (exact) mass is 241 g/mol. The lowest BCUT2D eigenvalue weighted by Gasteiger charge is -2.10. The molecule has 0 fully saturated rings. The number of allylic oxidation sites excluding steroid dienone is 4. The van der Waals surface area contributed by atoms with E-state index in [1.165, 1.54) is 15.0 Å². The minimum absolute atomic E-state index is 0.234. The molecule has 1 aliphatic carbocycles. The number of thiophene rings is 1. The Kier molecular flexibility index (Phi) is 2.46. The van der Waals surface area contributed by atoms with Gasteiger partial charge in [0.25, 0.3) is 0 Å². The van der Waals surface area contributed by atoms with Crippen LogP contribution in [0.4, 0.5) is 0 Å². The lowest BCUT2D eigenvalue weighted by atomic mass is 9.98. The molecule has 1 atom stereocenters. The molecule has 1 radical (unpaired) electrons. The van der Waals surface area contributed by atoms with E-state index in [2.05, 4.69) is 42.5 Å². The molecule has 1 aromatic heterocycles. The predicted octanol–water partition coefficient (Wildman–Crippen LogP) is 4.28. The fourth-order valence-electron chi connectivity index (χ4n) is 1.85. The molecule has 1 aliphatic rings. The van der Waals surface area contributed by atoms with E-state index in [1.807, 2.05) is 23.5 Å². The van der Waals surface area contributed by atoms with Gasteiger partial charge < -0.3 is 0 Å². The molecule has 1 unspecified atom stereocenters. The van der Waals surface area contributed by atoms with Crippen LogP contribution in [-0.2, 0) is 0 Å². The Morgan fingerprint density at radius 1 is 1.25 bits per heavy atom. The van der Waals surface area contributed by atoms with E-state index in [9.17, 15) is 0 Å². The molecule has 3 rings (SSSR count). The second-order valence-electron chi connectivity index (χ2n) is 3.72. The molecule has 16 heavy (non-hydrogen) atoms. The zero-order valence-corrected chi connectivity index (χ0v) is 10.1. The highest BCUT2D eigenvalue weighted by Crippen LogP contribution is 2.33. The van der Waals surface area contributed by atoms with Gasteiger partial charge in [-0.15, -0.1) is 11.3 Å². The topological polar surface area (TPSA) is 0 Å². The number of fused-ring (bicyclic) bond motifs is 1. The third kappa shape index (κ3) is 1.64. The lowest BCUT2D eigenvalue weighted by molar-refractivity contribution is 1.21. The van der Waals surface area contributed by atoms with E-state index >= 15 is 0 Å². The summed E-state index contributed by atoms with van der Waals surface area (Å²) in [6.45, 7) is 0. The Balaban J connectivity index is 2.09. The molecule has 2 heteroatoms. The van der Waals surface area contributed by atoms with Gasteiger partial charge >= 0.3 is 0 Å². The molecule has 0 nitrogen and oxygen atoms in total. The quantitative estimate of drug-likeness (QED) is 0.671. The van der Waals surface area contributed by atoms with Crippen LogP contribution in [-0.4, -0.2) is 4.86 Å². The van der Waals surface area contributed by atoms with Gasteiger partial charge in [0, 0.05) is 20.4 Å². The third-order valence-electron chi connectivity index (χ3n) is 2.66. The van der Waals surface area contributed by atoms with Gasteiger partial charge in [0.2, 0.25) is 0 Å². The van der Waals surface area contributed by atoms with Crippen LogP contribution in [0.15, 0.2) is 48.6 Å². The Bertz CT molecular complexity index is 569. The Labute approximate surface area is 104 Å². The van der Waals surface area contributed by atoms with Crippen molar-refractivity contribution >= 4 is 38.5 Å². The Morgan fingerprint density at radius 2 is 2.12 bits per heavy atom. The molecule has 0 spiro atoms. The summed E-state index contributed by atoms with van der Waals surface area (Å²) >= 11 is 7.14. The summed E-state index contributed by atoms with van der Waals surface area (Å²) in [6.07, 6.45) is 9.14. The lowest BCUT2D eigenvalue weighted by Crippen LogP contribution is -2.05. The molecule has 0 bridgehead atoms. The van der Waals surface area contributed by atoms with Crippen molar-refractivity contribution in [3.05, 3.63) is 59.5 Å². The molecule has 77 valence electrons. The first-order valence-electron chi connectivity index (χ1n) is 5.13. The van der Waals surface area contributed by atoms with E-state index in [1.54, 1.807) is 0 Å². The van der Waals surface area contributed by atoms with Gasteiger partial charge in [-0.1, -0.05) is 48.6 Å². The van der Waals surface area contributed by atoms with Crippen molar-refractivity contribution in [1.29, 1.82) is 0 Å². The molecule has 1 aromatic carbocycles. The third-order valence-corrected chi connectivity index (χ3v) is 4.23. The maximum absolute atomic E-state index is 5.33. The highest BCUT2D eigenvalue weighted by molar-refractivity contribution is 7.80. The zero-order chi connectivity index (χ0) is 11.0. The molecule has 0 amide bonds. The van der Waals surface area contributed by atoms with Crippen molar-refractivity contribution in [3.8, 4) is 0 Å². The molecule has 2 aromatic rings.